The van der Waals surface area contributed by atoms with Crippen LogP contribution >= 0.6 is 0 Å². The van der Waals surface area contributed by atoms with Crippen LogP contribution in [0.3, 0.4) is 0 Å². The van der Waals surface area contributed by atoms with Crippen LogP contribution in [0.15, 0.2) is 54.6 Å². The molecule has 3 fully saturated rings. The fourth-order valence-electron chi connectivity index (χ4n) is 5.06. The highest BCUT2D eigenvalue weighted by Crippen LogP contribution is 2.56. The Morgan fingerprint density at radius 2 is 1.75 bits per heavy atom. The van der Waals surface area contributed by atoms with Crippen LogP contribution in [0.4, 0.5) is 5.69 Å². The van der Waals surface area contributed by atoms with Crippen LogP contribution in [0, 0.1) is 5.92 Å². The summed E-state index contributed by atoms with van der Waals surface area (Å²) >= 11 is 0. The Kier molecular flexibility index (Phi) is 4.59. The number of rotatable bonds is 5. The van der Waals surface area contributed by atoms with Crippen molar-refractivity contribution < 1.29 is 4.79 Å². The van der Waals surface area contributed by atoms with Gasteiger partial charge in [0.15, 0.2) is 0 Å². The maximum absolute atomic E-state index is 12.5. The molecule has 4 nitrogen and oxygen atoms in total. The van der Waals surface area contributed by atoms with Crippen LogP contribution in [0.2, 0.25) is 0 Å². The summed E-state index contributed by atoms with van der Waals surface area (Å²) in [5.41, 5.74) is 4.47. The van der Waals surface area contributed by atoms with Gasteiger partial charge in [-0.15, -0.1) is 0 Å². The zero-order chi connectivity index (χ0) is 19.0. The van der Waals surface area contributed by atoms with Crippen LogP contribution in [-0.4, -0.2) is 50.1 Å². The van der Waals surface area contributed by atoms with Gasteiger partial charge < -0.3 is 15.1 Å². The van der Waals surface area contributed by atoms with Gasteiger partial charge >= 0.3 is 0 Å². The predicted octanol–water partition coefficient (Wildman–Crippen LogP) is 2.83. The summed E-state index contributed by atoms with van der Waals surface area (Å²) in [6, 6.07) is 19.5. The fourth-order valence-corrected chi connectivity index (χ4v) is 5.06. The second-order valence-electron chi connectivity index (χ2n) is 8.59. The van der Waals surface area contributed by atoms with E-state index in [1.54, 1.807) is 0 Å². The van der Waals surface area contributed by atoms with E-state index in [0.717, 1.165) is 45.1 Å². The molecule has 5 rings (SSSR count). The molecule has 2 atom stereocenters. The minimum atomic E-state index is 0.284. The van der Waals surface area contributed by atoms with Gasteiger partial charge in [0.2, 0.25) is 5.91 Å². The number of nitrogens with one attached hydrogen (secondary N) is 1. The first-order chi connectivity index (χ1) is 13.7. The standard InChI is InChI=1S/C24H29N3O/c28-23(11-6-19-4-2-1-3-5-19)27-14-12-26(13-15-27)22-9-7-20(8-10-22)24-16-21(24)17-25-18-24/h1-5,7-10,21,25H,6,11-18H2. The van der Waals surface area contributed by atoms with E-state index in [4.69, 9.17) is 0 Å². The lowest BCUT2D eigenvalue weighted by Crippen LogP contribution is -2.48. The Hall–Kier alpha value is -2.33. The Bertz CT molecular complexity index is 827. The molecular formula is C24H29N3O. The Balaban J connectivity index is 1.13. The lowest BCUT2D eigenvalue weighted by Gasteiger charge is -2.36. The lowest BCUT2D eigenvalue weighted by atomic mass is 9.95. The van der Waals surface area contributed by atoms with Gasteiger partial charge in [-0.05, 0) is 48.6 Å². The average molecular weight is 376 g/mol. The first kappa shape index (κ1) is 17.7. The van der Waals surface area contributed by atoms with E-state index in [2.05, 4.69) is 46.6 Å². The molecule has 2 heterocycles. The molecule has 1 aliphatic carbocycles. The molecule has 4 heteroatoms. The maximum Gasteiger partial charge on any atom is 0.223 e. The minimum absolute atomic E-state index is 0.284. The summed E-state index contributed by atoms with van der Waals surface area (Å²) in [4.78, 5) is 17.0. The van der Waals surface area contributed by atoms with Crippen LogP contribution in [0.25, 0.3) is 0 Å². The fraction of sp³-hybridized carbons (Fsp3) is 0.458. The molecule has 0 radical (unpaired) electrons. The van der Waals surface area contributed by atoms with Crippen molar-refractivity contribution in [1.29, 1.82) is 0 Å². The van der Waals surface area contributed by atoms with Crippen molar-refractivity contribution >= 4 is 11.6 Å². The molecule has 0 spiro atoms. The molecule has 28 heavy (non-hydrogen) atoms. The first-order valence-corrected chi connectivity index (χ1v) is 10.6. The molecule has 0 bridgehead atoms. The van der Waals surface area contributed by atoms with Gasteiger partial charge in [0, 0.05) is 50.2 Å². The highest BCUT2D eigenvalue weighted by molar-refractivity contribution is 5.76. The van der Waals surface area contributed by atoms with Crippen LogP contribution in [0.5, 0.6) is 0 Å². The minimum Gasteiger partial charge on any atom is -0.368 e. The summed E-state index contributed by atoms with van der Waals surface area (Å²) in [7, 11) is 0. The molecule has 2 unspecified atom stereocenters. The molecule has 2 aliphatic heterocycles. The molecule has 1 amide bonds. The molecule has 0 aromatic heterocycles. The molecular weight excluding hydrogens is 346 g/mol. The number of nitrogens with zero attached hydrogens (tertiary/aromatic N) is 2. The largest absolute Gasteiger partial charge is 0.368 e. The zero-order valence-electron chi connectivity index (χ0n) is 16.4. The van der Waals surface area contributed by atoms with E-state index in [0.29, 0.717) is 11.8 Å². The normalized spacial score (nSPS) is 26.2. The van der Waals surface area contributed by atoms with Crippen molar-refractivity contribution in [3.8, 4) is 0 Å². The first-order valence-electron chi connectivity index (χ1n) is 10.6. The van der Waals surface area contributed by atoms with Crippen molar-refractivity contribution in [2.24, 2.45) is 5.92 Å². The number of piperazine rings is 1. The molecule has 2 aromatic rings. The summed E-state index contributed by atoms with van der Waals surface area (Å²) in [5, 5.41) is 3.53. The van der Waals surface area contributed by atoms with Gasteiger partial charge in [0.05, 0.1) is 0 Å². The van der Waals surface area contributed by atoms with Gasteiger partial charge in [-0.25, -0.2) is 0 Å². The number of aryl methyl sites for hydroxylation is 1. The smallest absolute Gasteiger partial charge is 0.223 e. The van der Waals surface area contributed by atoms with Gasteiger partial charge in [0.1, 0.15) is 0 Å². The van der Waals surface area contributed by atoms with E-state index >= 15 is 0 Å². The third-order valence-corrected chi connectivity index (χ3v) is 6.97. The second-order valence-corrected chi connectivity index (χ2v) is 8.59. The quantitative estimate of drug-likeness (QED) is 0.873. The number of piperidine rings is 1. The number of hydrogen-bond donors (Lipinski definition) is 1. The van der Waals surface area contributed by atoms with E-state index < -0.39 is 0 Å². The van der Waals surface area contributed by atoms with E-state index in [-0.39, 0.29) is 5.91 Å². The average Bonchev–Trinajstić information content (AvgIpc) is 3.33. The summed E-state index contributed by atoms with van der Waals surface area (Å²) < 4.78 is 0. The summed E-state index contributed by atoms with van der Waals surface area (Å²) in [6.07, 6.45) is 2.79. The molecule has 2 aromatic carbocycles. The lowest BCUT2D eigenvalue weighted by molar-refractivity contribution is -0.131. The molecule has 3 aliphatic rings. The third kappa shape index (κ3) is 3.30. The van der Waals surface area contributed by atoms with Gasteiger partial charge in [-0.2, -0.15) is 0 Å². The SMILES string of the molecule is O=C(CCc1ccccc1)N1CCN(c2ccc(C34CNCC3C4)cc2)CC1. The zero-order valence-corrected chi connectivity index (χ0v) is 16.4. The predicted molar refractivity (Wildman–Crippen MR) is 113 cm³/mol. The Labute approximate surface area is 167 Å². The topological polar surface area (TPSA) is 35.6 Å². The van der Waals surface area contributed by atoms with E-state index in [1.807, 2.05) is 23.1 Å². The van der Waals surface area contributed by atoms with Crippen molar-refractivity contribution in [1.82, 2.24) is 10.2 Å². The number of hydrogen-bond acceptors (Lipinski definition) is 3. The van der Waals surface area contributed by atoms with Crippen molar-refractivity contribution in [3.63, 3.8) is 0 Å². The van der Waals surface area contributed by atoms with Crippen LogP contribution < -0.4 is 10.2 Å². The van der Waals surface area contributed by atoms with Crippen molar-refractivity contribution in [2.75, 3.05) is 44.2 Å². The summed E-state index contributed by atoms with van der Waals surface area (Å²) in [6.45, 7) is 5.82. The molecule has 1 saturated carbocycles. The van der Waals surface area contributed by atoms with Gasteiger partial charge in [-0.1, -0.05) is 42.5 Å². The number of carbonyl (C=O) groups excluding carboxylic acids is 1. The van der Waals surface area contributed by atoms with Crippen molar-refractivity contribution in [2.45, 2.75) is 24.7 Å². The summed E-state index contributed by atoms with van der Waals surface area (Å²) in [5.74, 6) is 1.13. The third-order valence-electron chi connectivity index (χ3n) is 6.97. The van der Waals surface area contributed by atoms with Gasteiger partial charge in [0.25, 0.3) is 0 Å². The molecule has 146 valence electrons. The highest BCUT2D eigenvalue weighted by atomic mass is 16.2. The number of anilines is 1. The highest BCUT2D eigenvalue weighted by Gasteiger charge is 2.57. The van der Waals surface area contributed by atoms with Crippen molar-refractivity contribution in [3.05, 3.63) is 65.7 Å². The second kappa shape index (κ2) is 7.25. The monoisotopic (exact) mass is 375 g/mol. The maximum atomic E-state index is 12.5. The van der Waals surface area contributed by atoms with Crippen LogP contribution in [-0.2, 0) is 16.6 Å². The van der Waals surface area contributed by atoms with Crippen LogP contribution in [0.1, 0.15) is 24.0 Å². The number of benzene rings is 2. The van der Waals surface area contributed by atoms with E-state index in [1.165, 1.54) is 29.8 Å². The van der Waals surface area contributed by atoms with Gasteiger partial charge in [-0.3, -0.25) is 4.79 Å². The number of fused-ring (bicyclic) bond motifs is 1. The van der Waals surface area contributed by atoms with E-state index in [9.17, 15) is 4.79 Å². The number of carbonyl (C=O) groups is 1. The molecule has 1 N–H and O–H groups in total. The number of amides is 1. The molecule has 2 saturated heterocycles. The Morgan fingerprint density at radius 1 is 1.00 bits per heavy atom. The Morgan fingerprint density at radius 3 is 2.39 bits per heavy atom.